The van der Waals surface area contributed by atoms with Crippen molar-refractivity contribution in [1.29, 1.82) is 0 Å². The first-order valence-corrected chi connectivity index (χ1v) is 9.09. The van der Waals surface area contributed by atoms with E-state index in [-0.39, 0.29) is 17.8 Å². The van der Waals surface area contributed by atoms with E-state index in [0.717, 1.165) is 50.1 Å². The first-order valence-electron chi connectivity index (χ1n) is 9.09. The summed E-state index contributed by atoms with van der Waals surface area (Å²) in [7, 11) is 0. The Morgan fingerprint density at radius 3 is 2.60 bits per heavy atom. The number of carbonyl (C=O) groups is 1. The lowest BCUT2D eigenvalue weighted by molar-refractivity contribution is -0.117. The Labute approximate surface area is 148 Å². The van der Waals surface area contributed by atoms with Gasteiger partial charge in [0.25, 0.3) is 0 Å². The fraction of sp³-hybridized carbons (Fsp3) is 0.381. The van der Waals surface area contributed by atoms with E-state index in [1.807, 2.05) is 23.1 Å². The van der Waals surface area contributed by atoms with Gasteiger partial charge in [-0.15, -0.1) is 0 Å². The zero-order chi connectivity index (χ0) is 17.2. The Hall–Kier alpha value is -2.20. The molecule has 2 aromatic rings. The molecule has 2 aliphatic rings. The highest BCUT2D eigenvalue weighted by Gasteiger charge is 2.26. The van der Waals surface area contributed by atoms with Gasteiger partial charge in [0.2, 0.25) is 5.91 Å². The molecule has 0 radical (unpaired) electrons. The molecule has 2 heterocycles. The van der Waals surface area contributed by atoms with Gasteiger partial charge in [-0.3, -0.25) is 9.69 Å². The predicted molar refractivity (Wildman–Crippen MR) is 96.8 cm³/mol. The summed E-state index contributed by atoms with van der Waals surface area (Å²) in [5.74, 6) is 0.0578. The molecule has 2 fully saturated rings. The third-order valence-corrected chi connectivity index (χ3v) is 5.30. The number of carbonyl (C=O) groups excluding carboxylic acids is 1. The number of halogens is 1. The van der Waals surface area contributed by atoms with E-state index in [1.54, 1.807) is 12.1 Å². The standard InChI is InChI=1S/C21H23FN2O/c22-18-5-1-4-17(14-18)20-6-2-12-23(20)15-16-8-10-19(11-9-16)24-13-3-7-21(24)25/h1,4-5,8-11,14,20H,2-3,6-7,12-13,15H2. The van der Waals surface area contributed by atoms with Crippen molar-refractivity contribution >= 4 is 11.6 Å². The van der Waals surface area contributed by atoms with E-state index in [9.17, 15) is 9.18 Å². The number of amides is 1. The minimum atomic E-state index is -0.163. The van der Waals surface area contributed by atoms with Gasteiger partial charge >= 0.3 is 0 Å². The molecule has 1 amide bonds. The second-order valence-electron chi connectivity index (χ2n) is 7.00. The van der Waals surface area contributed by atoms with Crippen molar-refractivity contribution < 1.29 is 9.18 Å². The molecule has 25 heavy (non-hydrogen) atoms. The predicted octanol–water partition coefficient (Wildman–Crippen LogP) is 4.29. The number of benzene rings is 2. The van der Waals surface area contributed by atoms with Crippen LogP contribution in [0, 0.1) is 5.82 Å². The Kier molecular flexibility index (Phi) is 4.53. The quantitative estimate of drug-likeness (QED) is 0.830. The maximum Gasteiger partial charge on any atom is 0.227 e. The van der Waals surface area contributed by atoms with Crippen LogP contribution in [0.15, 0.2) is 48.5 Å². The van der Waals surface area contributed by atoms with Crippen molar-refractivity contribution in [3.8, 4) is 0 Å². The van der Waals surface area contributed by atoms with Gasteiger partial charge in [-0.2, -0.15) is 0 Å². The number of hydrogen-bond donors (Lipinski definition) is 0. The molecule has 2 saturated heterocycles. The van der Waals surface area contributed by atoms with Crippen molar-refractivity contribution in [2.45, 2.75) is 38.3 Å². The number of anilines is 1. The van der Waals surface area contributed by atoms with Crippen molar-refractivity contribution in [3.05, 3.63) is 65.5 Å². The van der Waals surface area contributed by atoms with Gasteiger partial charge in [-0.25, -0.2) is 4.39 Å². The molecule has 2 aromatic carbocycles. The van der Waals surface area contributed by atoms with Crippen LogP contribution in [-0.2, 0) is 11.3 Å². The van der Waals surface area contributed by atoms with Gasteiger partial charge in [0.1, 0.15) is 5.82 Å². The maximum atomic E-state index is 13.5. The molecular formula is C21H23FN2O. The average molecular weight is 338 g/mol. The summed E-state index contributed by atoms with van der Waals surface area (Å²) in [5, 5.41) is 0. The van der Waals surface area contributed by atoms with Gasteiger partial charge < -0.3 is 4.90 Å². The van der Waals surface area contributed by atoms with Crippen molar-refractivity contribution in [1.82, 2.24) is 4.90 Å². The topological polar surface area (TPSA) is 23.6 Å². The average Bonchev–Trinajstić information content (AvgIpc) is 3.25. The highest BCUT2D eigenvalue weighted by atomic mass is 19.1. The summed E-state index contributed by atoms with van der Waals surface area (Å²) in [4.78, 5) is 16.1. The van der Waals surface area contributed by atoms with Crippen LogP contribution in [0.4, 0.5) is 10.1 Å². The summed E-state index contributed by atoms with van der Waals surface area (Å²) >= 11 is 0. The van der Waals surface area contributed by atoms with Crippen molar-refractivity contribution in [2.75, 3.05) is 18.0 Å². The molecule has 0 spiro atoms. The maximum absolute atomic E-state index is 13.5. The van der Waals surface area contributed by atoms with Gasteiger partial charge in [-0.05, 0) is 61.2 Å². The summed E-state index contributed by atoms with van der Waals surface area (Å²) in [6.45, 7) is 2.72. The second kappa shape index (κ2) is 6.96. The minimum absolute atomic E-state index is 0.163. The molecule has 4 heteroatoms. The molecule has 2 aliphatic heterocycles. The lowest BCUT2D eigenvalue weighted by atomic mass is 10.0. The van der Waals surface area contributed by atoms with Crippen LogP contribution in [0.5, 0.6) is 0 Å². The summed E-state index contributed by atoms with van der Waals surface area (Å²) < 4.78 is 13.5. The Morgan fingerprint density at radius 1 is 1.04 bits per heavy atom. The van der Waals surface area contributed by atoms with E-state index < -0.39 is 0 Å². The second-order valence-corrected chi connectivity index (χ2v) is 7.00. The molecule has 0 N–H and O–H groups in total. The Bertz CT molecular complexity index is 759. The lowest BCUT2D eigenvalue weighted by Gasteiger charge is -2.25. The monoisotopic (exact) mass is 338 g/mol. The van der Waals surface area contributed by atoms with Gasteiger partial charge in [-0.1, -0.05) is 24.3 Å². The van der Waals surface area contributed by atoms with Gasteiger partial charge in [0.05, 0.1) is 0 Å². The summed E-state index contributed by atoms with van der Waals surface area (Å²) in [5.41, 5.74) is 3.30. The normalized spacial score (nSPS) is 21.2. The molecular weight excluding hydrogens is 315 g/mol. The number of nitrogens with zero attached hydrogens (tertiary/aromatic N) is 2. The van der Waals surface area contributed by atoms with Crippen LogP contribution in [-0.4, -0.2) is 23.9 Å². The fourth-order valence-corrected chi connectivity index (χ4v) is 4.04. The van der Waals surface area contributed by atoms with Crippen LogP contribution in [0.2, 0.25) is 0 Å². The first-order chi connectivity index (χ1) is 12.2. The third-order valence-electron chi connectivity index (χ3n) is 5.30. The molecule has 0 saturated carbocycles. The van der Waals surface area contributed by atoms with Crippen molar-refractivity contribution in [3.63, 3.8) is 0 Å². The van der Waals surface area contributed by atoms with Crippen LogP contribution in [0.25, 0.3) is 0 Å². The molecule has 0 bridgehead atoms. The van der Waals surface area contributed by atoms with E-state index in [0.29, 0.717) is 6.42 Å². The molecule has 0 aromatic heterocycles. The smallest absolute Gasteiger partial charge is 0.227 e. The zero-order valence-corrected chi connectivity index (χ0v) is 14.3. The van der Waals surface area contributed by atoms with Crippen LogP contribution >= 0.6 is 0 Å². The van der Waals surface area contributed by atoms with E-state index >= 15 is 0 Å². The number of hydrogen-bond acceptors (Lipinski definition) is 2. The van der Waals surface area contributed by atoms with E-state index in [2.05, 4.69) is 17.0 Å². The molecule has 4 rings (SSSR count). The van der Waals surface area contributed by atoms with Gasteiger partial charge in [0.15, 0.2) is 0 Å². The van der Waals surface area contributed by atoms with Crippen LogP contribution in [0.3, 0.4) is 0 Å². The minimum Gasteiger partial charge on any atom is -0.312 e. The Morgan fingerprint density at radius 2 is 1.88 bits per heavy atom. The number of rotatable bonds is 4. The number of likely N-dealkylation sites (tertiary alicyclic amines) is 1. The summed E-state index contributed by atoms with van der Waals surface area (Å²) in [6, 6.07) is 15.6. The Balaban J connectivity index is 1.47. The molecule has 3 nitrogen and oxygen atoms in total. The molecule has 1 unspecified atom stereocenters. The zero-order valence-electron chi connectivity index (χ0n) is 14.3. The molecule has 0 aliphatic carbocycles. The largest absolute Gasteiger partial charge is 0.312 e. The van der Waals surface area contributed by atoms with Gasteiger partial charge in [0, 0.05) is 31.2 Å². The summed E-state index contributed by atoms with van der Waals surface area (Å²) in [6.07, 6.45) is 3.82. The van der Waals surface area contributed by atoms with Crippen LogP contribution < -0.4 is 4.90 Å². The molecule has 130 valence electrons. The van der Waals surface area contributed by atoms with E-state index in [1.165, 1.54) is 11.6 Å². The SMILES string of the molecule is O=C1CCCN1c1ccc(CN2CCCC2c2cccc(F)c2)cc1. The van der Waals surface area contributed by atoms with E-state index in [4.69, 9.17) is 0 Å². The highest BCUT2D eigenvalue weighted by Crippen LogP contribution is 2.33. The third kappa shape index (κ3) is 3.45. The van der Waals surface area contributed by atoms with Crippen molar-refractivity contribution in [2.24, 2.45) is 0 Å². The molecule has 1 atom stereocenters. The fourth-order valence-electron chi connectivity index (χ4n) is 4.04. The highest BCUT2D eigenvalue weighted by molar-refractivity contribution is 5.95. The van der Waals surface area contributed by atoms with Crippen LogP contribution in [0.1, 0.15) is 42.9 Å². The lowest BCUT2D eigenvalue weighted by Crippen LogP contribution is -2.24. The first kappa shape index (κ1) is 16.3.